The van der Waals surface area contributed by atoms with E-state index in [1.54, 1.807) is 55.7 Å². The lowest BCUT2D eigenvalue weighted by molar-refractivity contribution is -0.137. The minimum atomic E-state index is -1.08. The van der Waals surface area contributed by atoms with Crippen LogP contribution in [0.2, 0.25) is 0 Å². The van der Waals surface area contributed by atoms with Gasteiger partial charge in [0.1, 0.15) is 0 Å². The van der Waals surface area contributed by atoms with Crippen molar-refractivity contribution in [2.75, 3.05) is 20.3 Å². The van der Waals surface area contributed by atoms with Gasteiger partial charge in [-0.2, -0.15) is 0 Å². The molecule has 0 radical (unpaired) electrons. The summed E-state index contributed by atoms with van der Waals surface area (Å²) in [6, 6.07) is 12.1. The van der Waals surface area contributed by atoms with Gasteiger partial charge in [-0.15, -0.1) is 0 Å². The highest BCUT2D eigenvalue weighted by Gasteiger charge is 2.34. The topological polar surface area (TPSA) is 93.1 Å². The number of carboxylic acid groups (broad SMARTS) is 1. The number of carbonyl (C=O) groups excluding carboxylic acids is 2. The van der Waals surface area contributed by atoms with Gasteiger partial charge in [0, 0.05) is 17.7 Å². The minimum absolute atomic E-state index is 0.189. The van der Waals surface area contributed by atoms with Crippen LogP contribution in [-0.4, -0.2) is 48.1 Å². The number of carbonyl (C=O) groups is 3. The lowest BCUT2D eigenvalue weighted by atomic mass is 9.92. The first kappa shape index (κ1) is 20.1. The lowest BCUT2D eigenvalue weighted by Crippen LogP contribution is -2.42. The molecule has 3 rings (SSSR count). The number of aliphatic carboxylic acids is 1. The van der Waals surface area contributed by atoms with Gasteiger partial charge in [0.05, 0.1) is 20.1 Å². The average Bonchev–Trinajstić information content (AvgIpc) is 2.71. The van der Waals surface area contributed by atoms with Crippen LogP contribution in [0.4, 0.5) is 0 Å². The van der Waals surface area contributed by atoms with Gasteiger partial charge in [-0.05, 0) is 42.3 Å². The van der Waals surface area contributed by atoms with Crippen LogP contribution < -0.4 is 9.47 Å². The number of methoxy groups -OCH3 is 1. The van der Waals surface area contributed by atoms with Crippen molar-refractivity contribution in [3.8, 4) is 11.5 Å². The van der Waals surface area contributed by atoms with E-state index in [-0.39, 0.29) is 13.0 Å². The van der Waals surface area contributed by atoms with Crippen molar-refractivity contribution in [1.29, 1.82) is 0 Å². The summed E-state index contributed by atoms with van der Waals surface area (Å²) in [6.45, 7) is 2.12. The summed E-state index contributed by atoms with van der Waals surface area (Å²) in [5.74, 6) is -0.980. The molecule has 2 aromatic carbocycles. The number of benzene rings is 2. The monoisotopic (exact) mass is 395 g/mol. The van der Waals surface area contributed by atoms with Crippen LogP contribution in [-0.2, 0) is 9.59 Å². The summed E-state index contributed by atoms with van der Waals surface area (Å²) in [4.78, 5) is 37.7. The first-order chi connectivity index (χ1) is 14.0. The number of hydrogen-bond donors (Lipinski definition) is 1. The number of hydrogen-bond acceptors (Lipinski definition) is 5. The summed E-state index contributed by atoms with van der Waals surface area (Å²) in [5.41, 5.74) is 1.89. The van der Waals surface area contributed by atoms with Gasteiger partial charge in [0.2, 0.25) is 0 Å². The largest absolute Gasteiger partial charge is 0.493 e. The number of rotatable bonds is 7. The lowest BCUT2D eigenvalue weighted by Gasteiger charge is -2.28. The maximum absolute atomic E-state index is 13.0. The highest BCUT2D eigenvalue weighted by molar-refractivity contribution is 6.33. The van der Waals surface area contributed by atoms with Gasteiger partial charge in [0.15, 0.2) is 11.5 Å². The third-order valence-electron chi connectivity index (χ3n) is 4.52. The smallest absolute Gasteiger partial charge is 0.305 e. The van der Waals surface area contributed by atoms with Gasteiger partial charge < -0.3 is 14.6 Å². The number of carboxylic acids is 1. The molecule has 0 atom stereocenters. The summed E-state index contributed by atoms with van der Waals surface area (Å²) in [7, 11) is 1.54. The maximum Gasteiger partial charge on any atom is 0.305 e. The molecule has 1 N–H and O–H groups in total. The quantitative estimate of drug-likeness (QED) is 0.572. The van der Waals surface area contributed by atoms with Crippen molar-refractivity contribution in [2.45, 2.75) is 13.3 Å². The van der Waals surface area contributed by atoms with Gasteiger partial charge in [-0.25, -0.2) is 0 Å². The molecule has 29 heavy (non-hydrogen) atoms. The van der Waals surface area contributed by atoms with E-state index < -0.39 is 17.8 Å². The van der Waals surface area contributed by atoms with Gasteiger partial charge >= 0.3 is 5.97 Å². The molecule has 1 heterocycles. The number of nitrogens with zero attached hydrogens (tertiary/aromatic N) is 1. The van der Waals surface area contributed by atoms with E-state index in [9.17, 15) is 14.4 Å². The zero-order chi connectivity index (χ0) is 21.0. The Labute approximate surface area is 168 Å². The van der Waals surface area contributed by atoms with Crippen LogP contribution in [0.25, 0.3) is 11.6 Å². The molecular formula is C22H21NO6. The predicted octanol–water partition coefficient (Wildman–Crippen LogP) is 3.09. The minimum Gasteiger partial charge on any atom is -0.493 e. The van der Waals surface area contributed by atoms with Crippen molar-refractivity contribution < 1.29 is 29.0 Å². The summed E-state index contributed by atoms with van der Waals surface area (Å²) in [5, 5.41) is 8.95. The second-order valence-electron chi connectivity index (χ2n) is 6.35. The van der Waals surface area contributed by atoms with Crippen molar-refractivity contribution in [3.63, 3.8) is 0 Å². The predicted molar refractivity (Wildman–Crippen MR) is 107 cm³/mol. The highest BCUT2D eigenvalue weighted by Crippen LogP contribution is 2.33. The van der Waals surface area contributed by atoms with E-state index in [0.717, 1.165) is 4.90 Å². The van der Waals surface area contributed by atoms with Crippen LogP contribution in [0, 0.1) is 0 Å². The zero-order valence-electron chi connectivity index (χ0n) is 16.2. The Balaban J connectivity index is 2.08. The number of fused-ring (bicyclic) bond motifs is 1. The fraction of sp³-hybridized carbons (Fsp3) is 0.227. The molecule has 0 aromatic heterocycles. The fourth-order valence-electron chi connectivity index (χ4n) is 3.17. The summed E-state index contributed by atoms with van der Waals surface area (Å²) in [6.07, 6.45) is 1.35. The first-order valence-corrected chi connectivity index (χ1v) is 9.16. The van der Waals surface area contributed by atoms with Crippen molar-refractivity contribution in [1.82, 2.24) is 4.90 Å². The molecular weight excluding hydrogens is 374 g/mol. The van der Waals surface area contributed by atoms with Crippen molar-refractivity contribution in [2.24, 2.45) is 0 Å². The molecule has 2 aromatic rings. The molecule has 0 unspecified atom stereocenters. The first-order valence-electron chi connectivity index (χ1n) is 9.16. The van der Waals surface area contributed by atoms with Gasteiger partial charge in [-0.3, -0.25) is 19.3 Å². The molecule has 0 aliphatic carbocycles. The third-order valence-corrected chi connectivity index (χ3v) is 4.52. The molecule has 0 bridgehead atoms. The second kappa shape index (κ2) is 8.60. The molecule has 0 spiro atoms. The molecule has 7 heteroatoms. The SMILES string of the molecule is CCOc1cc(/C=C2\C(=O)N(CCC(=O)O)C(=O)c3ccccc32)ccc1OC. The van der Waals surface area contributed by atoms with E-state index in [1.165, 1.54) is 0 Å². The Morgan fingerprint density at radius 1 is 1.07 bits per heavy atom. The number of ether oxygens (including phenoxy) is 2. The molecule has 0 saturated carbocycles. The van der Waals surface area contributed by atoms with Gasteiger partial charge in [0.25, 0.3) is 11.8 Å². The van der Waals surface area contributed by atoms with Crippen LogP contribution >= 0.6 is 0 Å². The van der Waals surface area contributed by atoms with Gasteiger partial charge in [-0.1, -0.05) is 24.3 Å². The Hall–Kier alpha value is -3.61. The van der Waals surface area contributed by atoms with E-state index in [1.807, 2.05) is 6.92 Å². The van der Waals surface area contributed by atoms with E-state index in [4.69, 9.17) is 14.6 Å². The Morgan fingerprint density at radius 2 is 1.79 bits per heavy atom. The standard InChI is InChI=1S/C22H21NO6/c1-3-29-19-13-14(8-9-18(19)28-2)12-17-15-6-4-5-7-16(15)21(26)23(22(17)27)11-10-20(24)25/h4-9,12-13H,3,10-11H2,1-2H3,(H,24,25)/b17-12-. The average molecular weight is 395 g/mol. The van der Waals surface area contributed by atoms with Crippen LogP contribution in [0.15, 0.2) is 42.5 Å². The number of amides is 2. The molecule has 150 valence electrons. The summed E-state index contributed by atoms with van der Waals surface area (Å²) < 4.78 is 10.9. The van der Waals surface area contributed by atoms with Crippen LogP contribution in [0.1, 0.15) is 34.8 Å². The molecule has 1 aliphatic heterocycles. The van der Waals surface area contributed by atoms with Crippen LogP contribution in [0.5, 0.6) is 11.5 Å². The fourth-order valence-corrected chi connectivity index (χ4v) is 3.17. The molecule has 1 aliphatic rings. The molecule has 2 amide bonds. The third kappa shape index (κ3) is 4.13. The highest BCUT2D eigenvalue weighted by atomic mass is 16.5. The Morgan fingerprint density at radius 3 is 2.45 bits per heavy atom. The molecule has 0 fully saturated rings. The molecule has 7 nitrogen and oxygen atoms in total. The Kier molecular flexibility index (Phi) is 5.97. The van der Waals surface area contributed by atoms with Crippen molar-refractivity contribution in [3.05, 3.63) is 59.2 Å². The van der Waals surface area contributed by atoms with E-state index >= 15 is 0 Å². The molecule has 0 saturated heterocycles. The summed E-state index contributed by atoms with van der Waals surface area (Å²) >= 11 is 0. The number of imide groups is 1. The van der Waals surface area contributed by atoms with E-state index in [0.29, 0.717) is 40.4 Å². The zero-order valence-corrected chi connectivity index (χ0v) is 16.2. The Bertz CT molecular complexity index is 995. The maximum atomic E-state index is 13.0. The van der Waals surface area contributed by atoms with Crippen LogP contribution in [0.3, 0.4) is 0 Å². The van der Waals surface area contributed by atoms with E-state index in [2.05, 4.69) is 0 Å². The second-order valence-corrected chi connectivity index (χ2v) is 6.35. The van der Waals surface area contributed by atoms with Crippen molar-refractivity contribution >= 4 is 29.4 Å². The normalized spacial score (nSPS) is 14.7.